The van der Waals surface area contributed by atoms with Crippen LogP contribution in [0.1, 0.15) is 16.5 Å². The summed E-state index contributed by atoms with van der Waals surface area (Å²) in [5.74, 6) is -1.79. The van der Waals surface area contributed by atoms with Crippen LogP contribution in [0.4, 0.5) is 11.4 Å². The van der Waals surface area contributed by atoms with Crippen LogP contribution in [-0.2, 0) is 9.59 Å². The summed E-state index contributed by atoms with van der Waals surface area (Å²) in [6.07, 6.45) is 0. The molecule has 9 heteroatoms. The van der Waals surface area contributed by atoms with Crippen LogP contribution in [0.2, 0.25) is 0 Å². The summed E-state index contributed by atoms with van der Waals surface area (Å²) in [5, 5.41) is 23.9. The number of nitro benzene ring substituents is 1. The number of anilines is 1. The highest BCUT2D eigenvalue weighted by molar-refractivity contribution is 7.10. The highest BCUT2D eigenvalue weighted by Crippen LogP contribution is 2.46. The van der Waals surface area contributed by atoms with E-state index in [1.807, 2.05) is 0 Å². The third-order valence-corrected chi connectivity index (χ3v) is 5.86. The van der Waals surface area contributed by atoms with Gasteiger partial charge in [-0.2, -0.15) is 0 Å². The summed E-state index contributed by atoms with van der Waals surface area (Å²) in [6.45, 7) is 0. The zero-order chi connectivity index (χ0) is 22.1. The quantitative estimate of drug-likeness (QED) is 0.210. The summed E-state index contributed by atoms with van der Waals surface area (Å²) < 4.78 is 5.37. The molecule has 1 fully saturated rings. The van der Waals surface area contributed by atoms with Crippen molar-refractivity contribution >= 4 is 40.2 Å². The number of ketones is 1. The molecule has 8 nitrogen and oxygen atoms in total. The van der Waals surface area contributed by atoms with Crippen molar-refractivity contribution in [3.8, 4) is 5.75 Å². The van der Waals surface area contributed by atoms with Crippen molar-refractivity contribution in [3.05, 3.63) is 92.2 Å². The smallest absolute Gasteiger partial charge is 0.300 e. The molecule has 0 bridgehead atoms. The van der Waals surface area contributed by atoms with Gasteiger partial charge >= 0.3 is 0 Å². The van der Waals surface area contributed by atoms with Crippen LogP contribution in [0.15, 0.2) is 71.6 Å². The van der Waals surface area contributed by atoms with Crippen molar-refractivity contribution in [1.82, 2.24) is 0 Å². The number of carbonyl (C=O) groups is 2. The van der Waals surface area contributed by atoms with Gasteiger partial charge in [-0.15, -0.1) is 11.3 Å². The molecule has 2 heterocycles. The van der Waals surface area contributed by atoms with Crippen LogP contribution in [0.5, 0.6) is 5.75 Å². The number of Topliss-reactive ketones (excluding diaryl/α,β-unsaturated/α-hetero) is 1. The highest BCUT2D eigenvalue weighted by Gasteiger charge is 2.48. The number of hydrogen-bond donors (Lipinski definition) is 1. The molecule has 1 saturated heterocycles. The Kier molecular flexibility index (Phi) is 5.26. The van der Waals surface area contributed by atoms with Gasteiger partial charge in [0.25, 0.3) is 17.4 Å². The van der Waals surface area contributed by atoms with E-state index < -0.39 is 28.4 Å². The number of aliphatic hydroxyl groups is 1. The number of rotatable bonds is 5. The topological polar surface area (TPSA) is 110 Å². The molecule has 0 spiro atoms. The maximum Gasteiger partial charge on any atom is 0.300 e. The molecule has 156 valence electrons. The van der Waals surface area contributed by atoms with E-state index in [4.69, 9.17) is 4.74 Å². The Balaban J connectivity index is 1.95. The van der Waals surface area contributed by atoms with Crippen molar-refractivity contribution in [2.45, 2.75) is 6.04 Å². The maximum atomic E-state index is 13.1. The fourth-order valence-corrected chi connectivity index (χ4v) is 4.37. The van der Waals surface area contributed by atoms with Crippen molar-refractivity contribution in [1.29, 1.82) is 0 Å². The summed E-state index contributed by atoms with van der Waals surface area (Å²) >= 11 is 1.32. The summed E-state index contributed by atoms with van der Waals surface area (Å²) in [6, 6.07) is 14.7. The average Bonchev–Trinajstić information content (AvgIpc) is 3.40. The number of thiophene rings is 1. The Morgan fingerprint density at radius 2 is 1.90 bits per heavy atom. The summed E-state index contributed by atoms with van der Waals surface area (Å²) in [5.41, 5.74) is 0.0758. The van der Waals surface area contributed by atoms with Crippen molar-refractivity contribution in [2.75, 3.05) is 12.0 Å². The maximum absolute atomic E-state index is 13.1. The zero-order valence-corrected chi connectivity index (χ0v) is 17.0. The van der Waals surface area contributed by atoms with Gasteiger partial charge < -0.3 is 9.84 Å². The summed E-state index contributed by atoms with van der Waals surface area (Å²) in [7, 11) is 1.46. The number of non-ortho nitro benzene ring substituents is 1. The van der Waals surface area contributed by atoms with E-state index in [-0.39, 0.29) is 16.8 Å². The highest BCUT2D eigenvalue weighted by atomic mass is 32.1. The molecule has 31 heavy (non-hydrogen) atoms. The lowest BCUT2D eigenvalue weighted by atomic mass is 9.99. The number of methoxy groups -OCH3 is 1. The molecule has 1 N–H and O–H groups in total. The number of carbonyl (C=O) groups excluding carboxylic acids is 2. The van der Waals surface area contributed by atoms with E-state index in [0.717, 1.165) is 6.07 Å². The molecule has 4 rings (SSSR count). The predicted molar refractivity (Wildman–Crippen MR) is 115 cm³/mol. The fourth-order valence-electron chi connectivity index (χ4n) is 3.55. The minimum atomic E-state index is -0.907. The van der Waals surface area contributed by atoms with E-state index in [9.17, 15) is 24.8 Å². The van der Waals surface area contributed by atoms with Gasteiger partial charge in [-0.25, -0.2) is 0 Å². The monoisotopic (exact) mass is 436 g/mol. The first-order chi connectivity index (χ1) is 14.9. The molecular weight excluding hydrogens is 420 g/mol. The Hall–Kier alpha value is -3.98. The van der Waals surface area contributed by atoms with Crippen LogP contribution in [0.25, 0.3) is 5.76 Å². The second-order valence-electron chi connectivity index (χ2n) is 6.66. The van der Waals surface area contributed by atoms with Gasteiger partial charge in [0.2, 0.25) is 0 Å². The number of para-hydroxylation sites is 2. The summed E-state index contributed by atoms with van der Waals surface area (Å²) in [4.78, 5) is 38.6. The minimum Gasteiger partial charge on any atom is -0.507 e. The lowest BCUT2D eigenvalue weighted by Crippen LogP contribution is -2.29. The Morgan fingerprint density at radius 1 is 1.13 bits per heavy atom. The molecule has 0 radical (unpaired) electrons. The Labute approximate surface area is 180 Å². The number of nitrogens with zero attached hydrogens (tertiary/aromatic N) is 2. The molecular formula is C22H16N2O6S. The van der Waals surface area contributed by atoms with Gasteiger partial charge in [-0.05, 0) is 23.6 Å². The molecule has 1 aliphatic rings. The van der Waals surface area contributed by atoms with E-state index in [2.05, 4.69) is 0 Å². The number of benzene rings is 2. The molecule has 0 aliphatic carbocycles. The molecule has 1 atom stereocenters. The standard InChI is InChI=1S/C22H16N2O6S/c1-30-16-9-3-2-8-15(16)23-19(17-10-5-11-31-17)18(21(26)22(23)27)20(25)13-6-4-7-14(12-13)24(28)29/h2-12,19,25H,1H3/b20-18-. The van der Waals surface area contributed by atoms with Crippen LogP contribution in [0, 0.1) is 10.1 Å². The van der Waals surface area contributed by atoms with E-state index in [0.29, 0.717) is 16.3 Å². The lowest BCUT2D eigenvalue weighted by Gasteiger charge is -2.25. The van der Waals surface area contributed by atoms with Crippen LogP contribution in [-0.4, -0.2) is 28.8 Å². The number of aliphatic hydroxyl groups excluding tert-OH is 1. The Bertz CT molecular complexity index is 1220. The van der Waals surface area contributed by atoms with Crippen LogP contribution >= 0.6 is 11.3 Å². The van der Waals surface area contributed by atoms with Gasteiger partial charge in [-0.3, -0.25) is 24.6 Å². The number of amides is 1. The van der Waals surface area contributed by atoms with Crippen LogP contribution in [0.3, 0.4) is 0 Å². The fraction of sp³-hybridized carbons (Fsp3) is 0.0909. The molecule has 1 unspecified atom stereocenters. The largest absolute Gasteiger partial charge is 0.507 e. The third kappa shape index (κ3) is 3.44. The minimum absolute atomic E-state index is 0.0776. The lowest BCUT2D eigenvalue weighted by molar-refractivity contribution is -0.384. The first-order valence-electron chi connectivity index (χ1n) is 9.16. The number of nitro groups is 1. The van der Waals surface area contributed by atoms with Gasteiger partial charge in [0, 0.05) is 22.6 Å². The van der Waals surface area contributed by atoms with E-state index >= 15 is 0 Å². The average molecular weight is 436 g/mol. The van der Waals surface area contributed by atoms with Crippen LogP contribution < -0.4 is 9.64 Å². The second kappa shape index (κ2) is 8.04. The molecule has 2 aromatic carbocycles. The SMILES string of the molecule is COc1ccccc1N1C(=O)C(=O)/C(=C(\O)c2cccc([N+](=O)[O-])c2)C1c1cccs1. The second-order valence-corrected chi connectivity index (χ2v) is 7.64. The number of ether oxygens (including phenoxy) is 1. The predicted octanol–water partition coefficient (Wildman–Crippen LogP) is 4.29. The molecule has 3 aromatic rings. The first kappa shape index (κ1) is 20.3. The van der Waals surface area contributed by atoms with Crippen molar-refractivity contribution in [2.24, 2.45) is 0 Å². The van der Waals surface area contributed by atoms with E-state index in [1.165, 1.54) is 41.5 Å². The van der Waals surface area contributed by atoms with Crippen molar-refractivity contribution < 1.29 is 24.4 Å². The number of hydrogen-bond acceptors (Lipinski definition) is 7. The Morgan fingerprint density at radius 3 is 2.58 bits per heavy atom. The zero-order valence-electron chi connectivity index (χ0n) is 16.2. The third-order valence-electron chi connectivity index (χ3n) is 4.93. The van der Waals surface area contributed by atoms with Gasteiger partial charge in [0.05, 0.1) is 23.3 Å². The molecule has 0 saturated carbocycles. The van der Waals surface area contributed by atoms with Crippen molar-refractivity contribution in [3.63, 3.8) is 0 Å². The van der Waals surface area contributed by atoms with Gasteiger partial charge in [0.1, 0.15) is 17.6 Å². The molecule has 1 aromatic heterocycles. The first-order valence-corrected chi connectivity index (χ1v) is 10.0. The van der Waals surface area contributed by atoms with E-state index in [1.54, 1.807) is 41.8 Å². The normalized spacial score (nSPS) is 17.7. The molecule has 1 aliphatic heterocycles. The molecule has 1 amide bonds. The van der Waals surface area contributed by atoms with Gasteiger partial charge in [0.15, 0.2) is 0 Å². The van der Waals surface area contributed by atoms with Gasteiger partial charge in [-0.1, -0.05) is 30.3 Å².